The molecule has 1 aliphatic heterocycles. The molecule has 3 heterocycles. The second kappa shape index (κ2) is 6.10. The number of amides is 1. The number of rotatable bonds is 3. The highest BCUT2D eigenvalue weighted by molar-refractivity contribution is 7.22. The Bertz CT molecular complexity index is 1180. The van der Waals surface area contributed by atoms with Crippen LogP contribution in [0.5, 0.6) is 11.5 Å². The first-order chi connectivity index (χ1) is 13.2. The number of ether oxygens (including phenoxy) is 2. The van der Waals surface area contributed by atoms with E-state index in [4.69, 9.17) is 14.0 Å². The number of benzene rings is 2. The zero-order valence-corrected chi connectivity index (χ0v) is 15.0. The van der Waals surface area contributed by atoms with Gasteiger partial charge in [0.1, 0.15) is 18.1 Å². The SMILES string of the molecule is COc1ccc2nc(NC(=O)c3noc4c3COc3ccccc3-4)sc2c1. The maximum absolute atomic E-state index is 12.7. The van der Waals surface area contributed by atoms with E-state index in [9.17, 15) is 4.79 Å². The molecule has 5 rings (SSSR count). The van der Waals surface area contributed by atoms with Crippen molar-refractivity contribution < 1.29 is 18.8 Å². The molecule has 27 heavy (non-hydrogen) atoms. The van der Waals surface area contributed by atoms with Crippen LogP contribution in [-0.4, -0.2) is 23.2 Å². The van der Waals surface area contributed by atoms with Crippen molar-refractivity contribution >= 4 is 32.6 Å². The topological polar surface area (TPSA) is 86.5 Å². The molecule has 1 aliphatic rings. The van der Waals surface area contributed by atoms with Crippen LogP contribution in [-0.2, 0) is 6.61 Å². The largest absolute Gasteiger partial charge is 0.497 e. The molecule has 7 nitrogen and oxygen atoms in total. The van der Waals surface area contributed by atoms with Crippen LogP contribution in [0.4, 0.5) is 5.13 Å². The van der Waals surface area contributed by atoms with Crippen LogP contribution in [0.3, 0.4) is 0 Å². The average molecular weight is 379 g/mol. The summed E-state index contributed by atoms with van der Waals surface area (Å²) in [4.78, 5) is 17.1. The summed E-state index contributed by atoms with van der Waals surface area (Å²) < 4.78 is 17.3. The average Bonchev–Trinajstić information content (AvgIpc) is 3.30. The van der Waals surface area contributed by atoms with Gasteiger partial charge in [0.2, 0.25) is 0 Å². The van der Waals surface area contributed by atoms with Gasteiger partial charge in [0, 0.05) is 0 Å². The quantitative estimate of drug-likeness (QED) is 0.577. The van der Waals surface area contributed by atoms with Crippen molar-refractivity contribution in [3.05, 3.63) is 53.7 Å². The van der Waals surface area contributed by atoms with Crippen molar-refractivity contribution in [2.45, 2.75) is 6.61 Å². The third kappa shape index (κ3) is 2.61. The number of carbonyl (C=O) groups excluding carboxylic acids is 1. The fourth-order valence-corrected chi connectivity index (χ4v) is 3.89. The van der Waals surface area contributed by atoms with Crippen LogP contribution in [0.15, 0.2) is 47.0 Å². The Hall–Kier alpha value is -3.39. The second-order valence-corrected chi connectivity index (χ2v) is 6.96. The molecule has 1 N–H and O–H groups in total. The molecular weight excluding hydrogens is 366 g/mol. The second-order valence-electron chi connectivity index (χ2n) is 5.93. The van der Waals surface area contributed by atoms with Gasteiger partial charge < -0.3 is 14.0 Å². The summed E-state index contributed by atoms with van der Waals surface area (Å²) in [5.41, 5.74) is 2.42. The zero-order valence-electron chi connectivity index (χ0n) is 14.2. The highest BCUT2D eigenvalue weighted by Gasteiger charge is 2.29. The number of methoxy groups -OCH3 is 1. The summed E-state index contributed by atoms with van der Waals surface area (Å²) in [7, 11) is 1.61. The van der Waals surface area contributed by atoms with Crippen molar-refractivity contribution in [2.24, 2.45) is 0 Å². The van der Waals surface area contributed by atoms with Gasteiger partial charge in [0.15, 0.2) is 16.6 Å². The molecule has 4 aromatic rings. The Morgan fingerprint density at radius 1 is 1.26 bits per heavy atom. The van der Waals surface area contributed by atoms with E-state index in [0.29, 0.717) is 22.2 Å². The predicted molar refractivity (Wildman–Crippen MR) is 100 cm³/mol. The van der Waals surface area contributed by atoms with Gasteiger partial charge in [0.25, 0.3) is 5.91 Å². The third-order valence-electron chi connectivity index (χ3n) is 4.32. The van der Waals surface area contributed by atoms with Crippen LogP contribution in [0.2, 0.25) is 0 Å². The van der Waals surface area contributed by atoms with Gasteiger partial charge in [-0.3, -0.25) is 10.1 Å². The molecule has 2 aromatic carbocycles. The molecular formula is C19H13N3O4S. The van der Waals surface area contributed by atoms with Gasteiger partial charge in [-0.2, -0.15) is 0 Å². The summed E-state index contributed by atoms with van der Waals surface area (Å²) in [6, 6.07) is 13.1. The van der Waals surface area contributed by atoms with E-state index in [1.807, 2.05) is 42.5 Å². The van der Waals surface area contributed by atoms with Crippen molar-refractivity contribution in [1.29, 1.82) is 0 Å². The number of nitrogens with one attached hydrogen (secondary N) is 1. The Labute approximate surface area is 157 Å². The fourth-order valence-electron chi connectivity index (χ4n) is 3.00. The van der Waals surface area contributed by atoms with E-state index in [1.165, 1.54) is 11.3 Å². The molecule has 0 aliphatic carbocycles. The van der Waals surface area contributed by atoms with E-state index in [2.05, 4.69) is 15.5 Å². The number of thiazole rings is 1. The van der Waals surface area contributed by atoms with E-state index >= 15 is 0 Å². The molecule has 0 radical (unpaired) electrons. The number of hydrogen-bond donors (Lipinski definition) is 1. The van der Waals surface area contributed by atoms with E-state index in [1.54, 1.807) is 7.11 Å². The van der Waals surface area contributed by atoms with Crippen molar-refractivity contribution in [1.82, 2.24) is 10.1 Å². The monoisotopic (exact) mass is 379 g/mol. The summed E-state index contributed by atoms with van der Waals surface area (Å²) in [5.74, 6) is 1.64. The van der Waals surface area contributed by atoms with E-state index in [0.717, 1.165) is 21.5 Å². The molecule has 0 unspecified atom stereocenters. The Balaban J connectivity index is 1.45. The zero-order chi connectivity index (χ0) is 18.4. The smallest absolute Gasteiger partial charge is 0.280 e. The van der Waals surface area contributed by atoms with Gasteiger partial charge in [-0.25, -0.2) is 4.98 Å². The Kier molecular flexibility index (Phi) is 3.58. The number of aromatic nitrogens is 2. The molecule has 2 aromatic heterocycles. The van der Waals surface area contributed by atoms with Crippen LogP contribution in [0, 0.1) is 0 Å². The summed E-state index contributed by atoms with van der Waals surface area (Å²) in [5, 5.41) is 7.24. The van der Waals surface area contributed by atoms with Crippen LogP contribution >= 0.6 is 11.3 Å². The van der Waals surface area contributed by atoms with Gasteiger partial charge in [-0.15, -0.1) is 0 Å². The van der Waals surface area contributed by atoms with Gasteiger partial charge in [0.05, 0.1) is 28.5 Å². The number of anilines is 1. The molecule has 0 spiro atoms. The lowest BCUT2D eigenvalue weighted by Gasteiger charge is -2.15. The first kappa shape index (κ1) is 15.8. The lowest BCUT2D eigenvalue weighted by atomic mass is 10.0. The number of para-hydroxylation sites is 1. The maximum Gasteiger partial charge on any atom is 0.280 e. The van der Waals surface area contributed by atoms with Crippen LogP contribution < -0.4 is 14.8 Å². The molecule has 0 bridgehead atoms. The summed E-state index contributed by atoms with van der Waals surface area (Å²) >= 11 is 1.37. The molecule has 134 valence electrons. The van der Waals surface area contributed by atoms with Crippen LogP contribution in [0.1, 0.15) is 16.1 Å². The fraction of sp³-hybridized carbons (Fsp3) is 0.105. The highest BCUT2D eigenvalue weighted by atomic mass is 32.1. The van der Waals surface area contributed by atoms with Crippen LogP contribution in [0.25, 0.3) is 21.5 Å². The van der Waals surface area contributed by atoms with E-state index < -0.39 is 0 Å². The summed E-state index contributed by atoms with van der Waals surface area (Å²) in [6.45, 7) is 0.232. The highest BCUT2D eigenvalue weighted by Crippen LogP contribution is 2.38. The molecule has 0 atom stereocenters. The first-order valence-corrected chi connectivity index (χ1v) is 9.01. The minimum atomic E-state index is -0.381. The number of hydrogen-bond acceptors (Lipinski definition) is 7. The molecule has 1 amide bonds. The van der Waals surface area contributed by atoms with Crippen molar-refractivity contribution in [3.63, 3.8) is 0 Å². The molecule has 0 saturated heterocycles. The minimum absolute atomic E-state index is 0.205. The summed E-state index contributed by atoms with van der Waals surface area (Å²) in [6.07, 6.45) is 0. The van der Waals surface area contributed by atoms with Gasteiger partial charge in [-0.05, 0) is 30.3 Å². The number of nitrogens with zero attached hydrogens (tertiary/aromatic N) is 2. The minimum Gasteiger partial charge on any atom is -0.497 e. The Morgan fingerprint density at radius 2 is 2.15 bits per heavy atom. The first-order valence-electron chi connectivity index (χ1n) is 8.19. The van der Waals surface area contributed by atoms with Gasteiger partial charge >= 0.3 is 0 Å². The normalized spacial score (nSPS) is 12.2. The standard InChI is InChI=1S/C19H13N3O4S/c1-24-10-6-7-13-15(8-10)27-19(20-13)21-18(23)16-12-9-25-14-5-3-2-4-11(14)17(12)26-22-16/h2-8H,9H2,1H3,(H,20,21,23). The number of carbonyl (C=O) groups is 1. The van der Waals surface area contributed by atoms with Crippen molar-refractivity contribution in [3.8, 4) is 22.8 Å². The number of fused-ring (bicyclic) bond motifs is 4. The third-order valence-corrected chi connectivity index (χ3v) is 5.26. The van der Waals surface area contributed by atoms with Crippen molar-refractivity contribution in [2.75, 3.05) is 12.4 Å². The molecule has 8 heteroatoms. The molecule has 0 saturated carbocycles. The van der Waals surface area contributed by atoms with E-state index in [-0.39, 0.29) is 18.2 Å². The lowest BCUT2D eigenvalue weighted by molar-refractivity contribution is 0.101. The molecule has 0 fully saturated rings. The maximum atomic E-state index is 12.7. The Morgan fingerprint density at radius 3 is 3.04 bits per heavy atom. The lowest BCUT2D eigenvalue weighted by Crippen LogP contribution is -2.16. The van der Waals surface area contributed by atoms with Gasteiger partial charge in [-0.1, -0.05) is 28.6 Å². The predicted octanol–water partition coefficient (Wildman–Crippen LogP) is 4.10.